The summed E-state index contributed by atoms with van der Waals surface area (Å²) in [5.74, 6) is -0.0553. The van der Waals surface area contributed by atoms with Gasteiger partial charge in [-0.05, 0) is 38.8 Å². The lowest BCUT2D eigenvalue weighted by Gasteiger charge is -2.32. The van der Waals surface area contributed by atoms with Crippen LogP contribution < -0.4 is 9.64 Å². The maximum atomic E-state index is 15.1. The van der Waals surface area contributed by atoms with Gasteiger partial charge in [-0.2, -0.15) is 5.26 Å². The van der Waals surface area contributed by atoms with Crippen molar-refractivity contribution in [2.45, 2.75) is 50.4 Å². The van der Waals surface area contributed by atoms with E-state index < -0.39 is 5.41 Å². The van der Waals surface area contributed by atoms with Gasteiger partial charge in [0.05, 0.1) is 17.2 Å². The molecule has 6 heteroatoms. The summed E-state index contributed by atoms with van der Waals surface area (Å²) in [4.78, 5) is 16.9. The first-order chi connectivity index (χ1) is 13.2. The van der Waals surface area contributed by atoms with Gasteiger partial charge in [0.25, 0.3) is 0 Å². The number of amides is 1. The predicted molar refractivity (Wildman–Crippen MR) is 100 cm³/mol. The number of carbonyl (C=O) groups excluding carboxylic acids is 1. The highest BCUT2D eigenvalue weighted by molar-refractivity contribution is 6.08. The normalized spacial score (nSPS) is 21.5. The second kappa shape index (κ2) is 7.47. The second-order valence-electron chi connectivity index (χ2n) is 7.89. The summed E-state index contributed by atoms with van der Waals surface area (Å²) < 4.78 is 21.0. The van der Waals surface area contributed by atoms with E-state index in [2.05, 4.69) is 11.0 Å². The van der Waals surface area contributed by atoms with E-state index in [1.165, 1.54) is 23.8 Å². The van der Waals surface area contributed by atoms with Crippen LogP contribution in [-0.2, 0) is 10.2 Å². The molecule has 0 atom stereocenters. The largest absolute Gasteiger partial charge is 0.492 e. The van der Waals surface area contributed by atoms with E-state index in [1.54, 1.807) is 6.07 Å². The highest BCUT2D eigenvalue weighted by Gasteiger charge is 2.52. The monoisotopic (exact) mass is 371 g/mol. The van der Waals surface area contributed by atoms with Crippen LogP contribution in [0, 0.1) is 17.1 Å². The number of nitriles is 1. The highest BCUT2D eigenvalue weighted by Crippen LogP contribution is 2.52. The number of carbonyl (C=O) groups is 1. The average Bonchev–Trinajstić information content (AvgIpc) is 3.25. The fraction of sp³-hybridized carbons (Fsp3) is 0.619. The molecule has 1 spiro atoms. The molecular weight excluding hydrogens is 345 g/mol. The zero-order chi connectivity index (χ0) is 18.9. The lowest BCUT2D eigenvalue weighted by Crippen LogP contribution is -2.42. The molecule has 3 aliphatic rings. The number of halogens is 1. The van der Waals surface area contributed by atoms with E-state index in [1.807, 2.05) is 0 Å². The Kier molecular flexibility index (Phi) is 5.05. The zero-order valence-electron chi connectivity index (χ0n) is 15.7. The molecule has 1 aromatic rings. The van der Waals surface area contributed by atoms with Crippen LogP contribution in [0.15, 0.2) is 12.1 Å². The van der Waals surface area contributed by atoms with E-state index in [-0.39, 0.29) is 18.3 Å². The van der Waals surface area contributed by atoms with Gasteiger partial charge in [-0.25, -0.2) is 4.39 Å². The molecule has 0 N–H and O–H groups in total. The summed E-state index contributed by atoms with van der Waals surface area (Å²) >= 11 is 0. The number of fused-ring (bicyclic) bond motifs is 2. The third-order valence-corrected chi connectivity index (χ3v) is 6.28. The molecule has 0 bridgehead atoms. The first-order valence-corrected chi connectivity index (χ1v) is 10.0. The summed E-state index contributed by atoms with van der Waals surface area (Å²) in [6, 6.07) is 5.23. The van der Waals surface area contributed by atoms with Crippen molar-refractivity contribution in [1.82, 2.24) is 4.90 Å². The minimum atomic E-state index is -0.789. The third-order valence-electron chi connectivity index (χ3n) is 6.28. The maximum Gasteiger partial charge on any atom is 0.238 e. The van der Waals surface area contributed by atoms with Crippen molar-refractivity contribution in [2.24, 2.45) is 0 Å². The van der Waals surface area contributed by atoms with E-state index >= 15 is 4.39 Å². The van der Waals surface area contributed by atoms with Crippen LogP contribution in [0.3, 0.4) is 0 Å². The Bertz CT molecular complexity index is 761. The molecule has 27 heavy (non-hydrogen) atoms. The van der Waals surface area contributed by atoms with Gasteiger partial charge in [0, 0.05) is 24.2 Å². The molecule has 1 amide bonds. The van der Waals surface area contributed by atoms with Crippen LogP contribution in [0.4, 0.5) is 10.1 Å². The van der Waals surface area contributed by atoms with Gasteiger partial charge in [0.1, 0.15) is 24.7 Å². The first-order valence-electron chi connectivity index (χ1n) is 10.0. The fourth-order valence-corrected chi connectivity index (χ4v) is 4.96. The Morgan fingerprint density at radius 2 is 1.89 bits per heavy atom. The Morgan fingerprint density at radius 3 is 2.59 bits per heavy atom. The zero-order valence-corrected chi connectivity index (χ0v) is 15.7. The first kappa shape index (κ1) is 18.2. The molecule has 2 aliphatic heterocycles. The van der Waals surface area contributed by atoms with E-state index in [9.17, 15) is 10.1 Å². The quantitative estimate of drug-likeness (QED) is 0.745. The number of hydrogen-bond donors (Lipinski definition) is 0. The van der Waals surface area contributed by atoms with Crippen molar-refractivity contribution in [3.63, 3.8) is 0 Å². The summed E-state index contributed by atoms with van der Waals surface area (Å²) in [7, 11) is 0. The Balaban J connectivity index is 1.60. The van der Waals surface area contributed by atoms with Crippen molar-refractivity contribution in [3.05, 3.63) is 23.5 Å². The SMILES string of the molecule is N#CCN1C(=O)C2(CCCCC2)c2c(F)cc(OCCN3CCCC3)cc21. The molecule has 5 nitrogen and oxygen atoms in total. The van der Waals surface area contributed by atoms with Crippen LogP contribution in [-0.4, -0.2) is 43.6 Å². The van der Waals surface area contributed by atoms with Gasteiger partial charge in [-0.1, -0.05) is 19.3 Å². The van der Waals surface area contributed by atoms with Gasteiger partial charge in [0.2, 0.25) is 5.91 Å². The molecule has 1 saturated carbocycles. The molecule has 1 aliphatic carbocycles. The van der Waals surface area contributed by atoms with Crippen LogP contribution in [0.2, 0.25) is 0 Å². The second-order valence-corrected chi connectivity index (χ2v) is 7.89. The average molecular weight is 371 g/mol. The number of ether oxygens (including phenoxy) is 1. The number of hydrogen-bond acceptors (Lipinski definition) is 4. The third kappa shape index (κ3) is 3.19. The topological polar surface area (TPSA) is 56.6 Å². The van der Waals surface area contributed by atoms with Crippen LogP contribution in [0.1, 0.15) is 50.5 Å². The molecule has 1 aromatic carbocycles. The number of anilines is 1. The lowest BCUT2D eigenvalue weighted by atomic mass is 9.70. The van der Waals surface area contributed by atoms with E-state index in [0.717, 1.165) is 38.9 Å². The number of rotatable bonds is 5. The van der Waals surface area contributed by atoms with Crippen molar-refractivity contribution in [2.75, 3.05) is 37.7 Å². The van der Waals surface area contributed by atoms with Gasteiger partial charge < -0.3 is 4.74 Å². The molecule has 144 valence electrons. The smallest absolute Gasteiger partial charge is 0.238 e. The lowest BCUT2D eigenvalue weighted by molar-refractivity contribution is -0.124. The van der Waals surface area contributed by atoms with Crippen molar-refractivity contribution in [3.8, 4) is 11.8 Å². The van der Waals surface area contributed by atoms with Crippen LogP contribution in [0.5, 0.6) is 5.75 Å². The van der Waals surface area contributed by atoms with Crippen LogP contribution in [0.25, 0.3) is 0 Å². The molecule has 1 saturated heterocycles. The summed E-state index contributed by atoms with van der Waals surface area (Å²) in [6.45, 7) is 3.45. The minimum Gasteiger partial charge on any atom is -0.492 e. The van der Waals surface area contributed by atoms with Gasteiger partial charge in [-0.15, -0.1) is 0 Å². The highest BCUT2D eigenvalue weighted by atomic mass is 19.1. The van der Waals surface area contributed by atoms with Crippen molar-refractivity contribution >= 4 is 11.6 Å². The fourth-order valence-electron chi connectivity index (χ4n) is 4.96. The molecule has 0 aromatic heterocycles. The van der Waals surface area contributed by atoms with Crippen molar-refractivity contribution < 1.29 is 13.9 Å². The molecule has 4 rings (SSSR count). The van der Waals surface area contributed by atoms with E-state index in [4.69, 9.17) is 4.74 Å². The summed E-state index contributed by atoms with van der Waals surface area (Å²) in [5.41, 5.74) is 0.219. The van der Waals surface area contributed by atoms with E-state index in [0.29, 0.717) is 36.4 Å². The predicted octanol–water partition coefficient (Wildman–Crippen LogP) is 3.37. The summed E-state index contributed by atoms with van der Waals surface area (Å²) in [6.07, 6.45) is 6.67. The maximum absolute atomic E-state index is 15.1. The molecule has 2 fully saturated rings. The molecular formula is C21H26FN3O2. The molecule has 2 heterocycles. The number of benzene rings is 1. The molecule has 0 radical (unpaired) electrons. The minimum absolute atomic E-state index is 0.0513. The number of nitrogens with zero attached hydrogens (tertiary/aromatic N) is 3. The van der Waals surface area contributed by atoms with Gasteiger partial charge in [-0.3, -0.25) is 14.6 Å². The Labute approximate surface area is 159 Å². The number of likely N-dealkylation sites (tertiary alicyclic amines) is 1. The van der Waals surface area contributed by atoms with Crippen molar-refractivity contribution in [1.29, 1.82) is 5.26 Å². The molecule has 0 unspecified atom stereocenters. The van der Waals surface area contributed by atoms with Gasteiger partial charge in [0.15, 0.2) is 0 Å². The Hall–Kier alpha value is -2.13. The van der Waals surface area contributed by atoms with Gasteiger partial charge >= 0.3 is 0 Å². The van der Waals surface area contributed by atoms with Crippen LogP contribution >= 0.6 is 0 Å². The Morgan fingerprint density at radius 1 is 1.15 bits per heavy atom. The standard InChI is InChI=1S/C21H26FN3O2/c22-17-14-16(27-13-12-24-9-4-5-10-24)15-18-19(17)21(6-2-1-3-7-21)20(26)25(18)11-8-23/h14-15H,1-7,9-13H2. The summed E-state index contributed by atoms with van der Waals surface area (Å²) in [5, 5.41) is 9.18.